The first kappa shape index (κ1) is 57.7. The van der Waals surface area contributed by atoms with E-state index in [0.717, 1.165) is 16.3 Å². The van der Waals surface area contributed by atoms with Crippen molar-refractivity contribution in [2.24, 2.45) is 23.7 Å². The van der Waals surface area contributed by atoms with Crippen LogP contribution in [0.3, 0.4) is 0 Å². The average molecular weight is 1080 g/mol. The quantitative estimate of drug-likeness (QED) is 0.0640. The van der Waals surface area contributed by atoms with Crippen molar-refractivity contribution in [2.75, 3.05) is 65.4 Å². The van der Waals surface area contributed by atoms with Crippen LogP contribution in [0.1, 0.15) is 70.3 Å². The van der Waals surface area contributed by atoms with Gasteiger partial charge in [0.1, 0.15) is 36.3 Å². The summed E-state index contributed by atoms with van der Waals surface area (Å²) in [6.07, 6.45) is 3.88. The van der Waals surface area contributed by atoms with Crippen LogP contribution in [0.15, 0.2) is 36.7 Å². The number of urea groups is 1. The van der Waals surface area contributed by atoms with Crippen molar-refractivity contribution in [3.05, 3.63) is 42.2 Å². The molecule has 13 unspecified atom stereocenters. The van der Waals surface area contributed by atoms with Gasteiger partial charge in [0.15, 0.2) is 0 Å². The highest BCUT2D eigenvalue weighted by Gasteiger charge is 2.66. The van der Waals surface area contributed by atoms with E-state index in [0.29, 0.717) is 25.9 Å². The number of unbranched alkanes of at least 4 members (excludes halogenated alkanes) is 1. The highest BCUT2D eigenvalue weighted by molar-refractivity contribution is 5.90. The number of carbonyl (C=O) groups is 10. The number of aromatic nitrogens is 1. The van der Waals surface area contributed by atoms with Crippen LogP contribution >= 0.6 is 0 Å². The van der Waals surface area contributed by atoms with Gasteiger partial charge in [0, 0.05) is 101 Å². The molecular formula is C51H70N10O16. The lowest BCUT2D eigenvalue weighted by molar-refractivity contribution is -0.171. The SMILES string of the molecule is CC(C1CCC(C(=O)NC(Cc2ccc3cnccc3c2)C(=O)NCCCCC(NC(=O)NC(CCC(=O)O)C(=O)O)C(=O)O)CC1)C12NC(=O)CN3CCN4CCN(CCN(CC3)C1C(=O)O)C(C(=O)O)C2C4C(=O)O. The highest BCUT2D eigenvalue weighted by atomic mass is 16.4. The van der Waals surface area contributed by atoms with E-state index < -0.39 is 138 Å². The Balaban J connectivity index is 1.07. The van der Waals surface area contributed by atoms with Gasteiger partial charge in [-0.2, -0.15) is 0 Å². The third-order valence-corrected chi connectivity index (χ3v) is 16.5. The zero-order valence-corrected chi connectivity index (χ0v) is 42.9. The predicted molar refractivity (Wildman–Crippen MR) is 270 cm³/mol. The van der Waals surface area contributed by atoms with Gasteiger partial charge in [-0.05, 0) is 80.2 Å². The second-order valence-electron chi connectivity index (χ2n) is 21.0. The number of hydrogen-bond donors (Lipinski definition) is 11. The molecule has 5 heterocycles. The molecule has 77 heavy (non-hydrogen) atoms. The summed E-state index contributed by atoms with van der Waals surface area (Å²) in [4.78, 5) is 142. The van der Waals surface area contributed by atoms with Crippen LogP contribution in [-0.4, -0.2) is 222 Å². The molecule has 5 amide bonds. The maximum atomic E-state index is 14.4. The van der Waals surface area contributed by atoms with Gasteiger partial charge in [0.2, 0.25) is 17.7 Å². The van der Waals surface area contributed by atoms with Gasteiger partial charge in [-0.3, -0.25) is 58.1 Å². The smallest absolute Gasteiger partial charge is 0.326 e. The second-order valence-corrected chi connectivity index (χ2v) is 21.0. The third kappa shape index (κ3) is 13.6. The number of carboxylic acid groups (broad SMARTS) is 6. The van der Waals surface area contributed by atoms with E-state index in [1.807, 2.05) is 29.2 Å². The topological polar surface area (TPSA) is 378 Å². The van der Waals surface area contributed by atoms with Crippen molar-refractivity contribution < 1.29 is 78.6 Å². The molecule has 1 aliphatic carbocycles. The molecule has 26 heteroatoms. The van der Waals surface area contributed by atoms with Crippen molar-refractivity contribution >= 4 is 70.3 Å². The Labute approximate surface area is 443 Å². The summed E-state index contributed by atoms with van der Waals surface area (Å²) in [6.45, 7) is 3.54. The number of fused-ring (bicyclic) bond motifs is 7. The van der Waals surface area contributed by atoms with Crippen molar-refractivity contribution in [1.29, 1.82) is 0 Å². The number of nitrogens with zero attached hydrogens (tertiary/aromatic N) is 5. The second kappa shape index (κ2) is 25.4. The molecule has 26 nitrogen and oxygen atoms in total. The molecule has 0 spiro atoms. The Morgan fingerprint density at radius 3 is 1.90 bits per heavy atom. The normalized spacial score (nSPS) is 29.5. The lowest BCUT2D eigenvalue weighted by atomic mass is 9.57. The Hall–Kier alpha value is -7.03. The minimum Gasteiger partial charge on any atom is -0.481 e. The number of benzene rings is 1. The first-order valence-corrected chi connectivity index (χ1v) is 26.3. The maximum Gasteiger partial charge on any atom is 0.326 e. The van der Waals surface area contributed by atoms with Crippen LogP contribution in [0.2, 0.25) is 0 Å². The Bertz CT molecular complexity index is 2560. The molecule has 1 saturated carbocycles. The van der Waals surface area contributed by atoms with Crippen molar-refractivity contribution in [2.45, 2.75) is 113 Å². The number of carbonyl (C=O) groups excluding carboxylic acids is 4. The third-order valence-electron chi connectivity index (χ3n) is 16.5. The first-order chi connectivity index (χ1) is 36.7. The number of aliphatic carboxylic acids is 6. The van der Waals surface area contributed by atoms with E-state index >= 15 is 0 Å². The van der Waals surface area contributed by atoms with E-state index in [-0.39, 0.29) is 90.9 Å². The largest absolute Gasteiger partial charge is 0.481 e. The number of nitrogens with one attached hydrogen (secondary N) is 5. The molecule has 2 aromatic rings. The fourth-order valence-electron chi connectivity index (χ4n) is 12.6. The predicted octanol–water partition coefficient (Wildman–Crippen LogP) is -0.845. The van der Waals surface area contributed by atoms with Crippen LogP contribution in [0, 0.1) is 23.7 Å². The van der Waals surface area contributed by atoms with Crippen LogP contribution in [-0.2, 0) is 49.6 Å². The van der Waals surface area contributed by atoms with Crippen LogP contribution in [0.25, 0.3) is 10.8 Å². The molecule has 420 valence electrons. The molecule has 4 saturated heterocycles. The molecular weight excluding hydrogens is 1010 g/mol. The van der Waals surface area contributed by atoms with Gasteiger partial charge in [-0.1, -0.05) is 25.1 Å². The monoisotopic (exact) mass is 1080 g/mol. The summed E-state index contributed by atoms with van der Waals surface area (Å²) in [5.41, 5.74) is -1.21. The standard InChI is InChI=1S/C51H70N10O16/c1-28(51-39-40(47(71)72)59-18-16-58(27-37(62)57-51)17-19-61(42(51)49(75)76)23-22-60(21-20-59)41(39)48(73)74)30-7-9-31(10-8-30)43(65)54-36(25-29-5-6-33-26-52-15-13-32(33)24-29)44(66)53-14-3-2-4-34(45(67)68)55-50(77)56-35(46(69)70)11-12-38(63)64/h5-6,13,15,24,26,28,30-31,34-36,39-42H,2-4,7-12,14,16-23,25,27H2,1H3,(H,53,66)(H,54,65)(H,57,62)(H,63,64)(H,67,68)(H,69,70)(H,71,72)(H,73,74)(H,75,76)(H2,55,56,77). The van der Waals surface area contributed by atoms with E-state index in [2.05, 4.69) is 31.6 Å². The van der Waals surface area contributed by atoms with Crippen molar-refractivity contribution in [3.63, 3.8) is 0 Å². The zero-order valence-electron chi connectivity index (χ0n) is 42.9. The maximum absolute atomic E-state index is 14.4. The zero-order chi connectivity index (χ0) is 55.7. The molecule has 7 rings (SSSR count). The summed E-state index contributed by atoms with van der Waals surface area (Å²) < 4.78 is 0. The number of rotatable bonds is 22. The van der Waals surface area contributed by atoms with Crippen molar-refractivity contribution in [3.8, 4) is 0 Å². The number of carboxylic acids is 6. The Morgan fingerprint density at radius 1 is 0.701 bits per heavy atom. The van der Waals surface area contributed by atoms with Gasteiger partial charge in [0.05, 0.1) is 12.1 Å². The molecule has 11 N–H and O–H groups in total. The molecule has 13 atom stereocenters. The number of amides is 5. The minimum atomic E-state index is -1.93. The van der Waals surface area contributed by atoms with Gasteiger partial charge < -0.3 is 57.2 Å². The minimum absolute atomic E-state index is 0.0411. The van der Waals surface area contributed by atoms with Crippen LogP contribution in [0.5, 0.6) is 0 Å². The van der Waals surface area contributed by atoms with E-state index in [1.54, 1.807) is 34.0 Å². The van der Waals surface area contributed by atoms with Gasteiger partial charge >= 0.3 is 41.8 Å². The van der Waals surface area contributed by atoms with E-state index in [9.17, 15) is 73.5 Å². The van der Waals surface area contributed by atoms with E-state index in [4.69, 9.17) is 5.11 Å². The van der Waals surface area contributed by atoms with Crippen molar-refractivity contribution in [1.82, 2.24) is 51.2 Å². The Kier molecular flexibility index (Phi) is 19.0. The highest BCUT2D eigenvalue weighted by Crippen LogP contribution is 2.49. The number of hydrogen-bond acceptors (Lipinski definition) is 15. The summed E-state index contributed by atoms with van der Waals surface area (Å²) >= 11 is 0. The summed E-state index contributed by atoms with van der Waals surface area (Å²) in [6, 6.07) is -2.35. The van der Waals surface area contributed by atoms with Gasteiger partial charge in [0.25, 0.3) is 0 Å². The Morgan fingerprint density at radius 2 is 1.30 bits per heavy atom. The lowest BCUT2D eigenvalue weighted by Crippen LogP contribution is -2.79. The molecule has 1 aromatic carbocycles. The van der Waals surface area contributed by atoms with Gasteiger partial charge in [-0.25, -0.2) is 14.4 Å². The molecule has 1 aromatic heterocycles. The first-order valence-electron chi connectivity index (χ1n) is 26.3. The van der Waals surface area contributed by atoms with Gasteiger partial charge in [-0.15, -0.1) is 0 Å². The summed E-state index contributed by atoms with van der Waals surface area (Å²) in [5, 5.41) is 76.5. The summed E-state index contributed by atoms with van der Waals surface area (Å²) in [5.74, 6) is -12.9. The average Bonchev–Trinajstić information content (AvgIpc) is 3.58. The summed E-state index contributed by atoms with van der Waals surface area (Å²) in [7, 11) is 0. The van der Waals surface area contributed by atoms with Crippen LogP contribution < -0.4 is 26.6 Å². The van der Waals surface area contributed by atoms with E-state index in [1.165, 1.54) is 0 Å². The molecule has 6 bridgehead atoms. The number of pyridine rings is 1. The lowest BCUT2D eigenvalue weighted by Gasteiger charge is -2.58. The van der Waals surface area contributed by atoms with Crippen LogP contribution in [0.4, 0.5) is 4.79 Å². The molecule has 5 aliphatic rings. The molecule has 0 radical (unpaired) electrons. The molecule has 4 aliphatic heterocycles. The molecule has 5 fully saturated rings. The fraction of sp³-hybridized carbons (Fsp3) is 0.627. The fourth-order valence-corrected chi connectivity index (χ4v) is 12.6.